The van der Waals surface area contributed by atoms with Crippen molar-refractivity contribution in [2.75, 3.05) is 38.1 Å². The number of benzene rings is 2. The van der Waals surface area contributed by atoms with Crippen molar-refractivity contribution < 1.29 is 0 Å². The van der Waals surface area contributed by atoms with Crippen LogP contribution in [-0.2, 0) is 11.8 Å². The molecule has 0 amide bonds. The van der Waals surface area contributed by atoms with E-state index in [1.807, 2.05) is 0 Å². The minimum absolute atomic E-state index is 0.525. The molecule has 0 atom stereocenters. The molecule has 2 heteroatoms. The Balaban J connectivity index is 1.13. The maximum absolute atomic E-state index is 2.52. The number of hydrogen-bond donors (Lipinski definition) is 0. The van der Waals surface area contributed by atoms with Crippen LogP contribution >= 0.6 is 0 Å². The standard InChI is InChI=1S/C28H36N2/c1-29-10-12-30(13-11-29)27-8-4-22(5-9-27)14-21-2-6-26(7-3-21)28-18-23-15-24(19-28)17-25(16-23)20-28/h2-9,23-25H,10-20H2,1H3. The second kappa shape index (κ2) is 7.41. The average molecular weight is 401 g/mol. The first kappa shape index (κ1) is 18.9. The van der Waals surface area contributed by atoms with Crippen molar-refractivity contribution in [1.29, 1.82) is 0 Å². The first-order valence-corrected chi connectivity index (χ1v) is 12.3. The summed E-state index contributed by atoms with van der Waals surface area (Å²) in [4.78, 5) is 4.93. The van der Waals surface area contributed by atoms with Crippen LogP contribution in [0.15, 0.2) is 48.5 Å². The highest BCUT2D eigenvalue weighted by molar-refractivity contribution is 5.48. The molecule has 0 unspecified atom stereocenters. The van der Waals surface area contributed by atoms with Gasteiger partial charge in [-0.3, -0.25) is 0 Å². The van der Waals surface area contributed by atoms with Crippen LogP contribution in [-0.4, -0.2) is 38.1 Å². The van der Waals surface area contributed by atoms with Gasteiger partial charge in [0, 0.05) is 31.9 Å². The SMILES string of the molecule is CN1CCN(c2ccc(Cc3ccc(C45CC6CC(CC(C6)C4)C5)cc3)cc2)CC1. The average Bonchev–Trinajstić information content (AvgIpc) is 2.74. The van der Waals surface area contributed by atoms with Crippen LogP contribution in [0.4, 0.5) is 5.69 Å². The molecule has 2 nitrogen and oxygen atoms in total. The van der Waals surface area contributed by atoms with E-state index in [0.717, 1.165) is 50.4 Å². The minimum atomic E-state index is 0.525. The second-order valence-electron chi connectivity index (χ2n) is 11.0. The van der Waals surface area contributed by atoms with E-state index >= 15 is 0 Å². The first-order chi connectivity index (χ1) is 14.6. The molecule has 7 rings (SSSR count). The number of rotatable bonds is 4. The molecule has 158 valence electrons. The van der Waals surface area contributed by atoms with Crippen molar-refractivity contribution in [2.45, 2.75) is 50.4 Å². The normalized spacial score (nSPS) is 33.2. The van der Waals surface area contributed by atoms with Crippen molar-refractivity contribution in [1.82, 2.24) is 4.90 Å². The highest BCUT2D eigenvalue weighted by atomic mass is 15.2. The topological polar surface area (TPSA) is 6.48 Å². The van der Waals surface area contributed by atoms with Crippen molar-refractivity contribution in [3.8, 4) is 0 Å². The largest absolute Gasteiger partial charge is 0.369 e. The molecule has 0 N–H and O–H groups in total. The third-order valence-corrected chi connectivity index (χ3v) is 8.82. The van der Waals surface area contributed by atoms with Crippen molar-refractivity contribution in [2.24, 2.45) is 17.8 Å². The molecule has 4 aliphatic carbocycles. The van der Waals surface area contributed by atoms with Crippen LogP contribution in [0.1, 0.15) is 55.2 Å². The predicted octanol–water partition coefficient (Wildman–Crippen LogP) is 5.50. The fraction of sp³-hybridized carbons (Fsp3) is 0.571. The van der Waals surface area contributed by atoms with Crippen molar-refractivity contribution >= 4 is 5.69 Å². The molecule has 4 bridgehead atoms. The molecule has 1 aliphatic heterocycles. The second-order valence-corrected chi connectivity index (χ2v) is 11.0. The van der Waals surface area contributed by atoms with E-state index in [9.17, 15) is 0 Å². The molecular weight excluding hydrogens is 364 g/mol. The van der Waals surface area contributed by atoms with E-state index in [0.29, 0.717) is 5.41 Å². The van der Waals surface area contributed by atoms with Gasteiger partial charge in [-0.05, 0) is 104 Å². The third kappa shape index (κ3) is 3.47. The summed E-state index contributed by atoms with van der Waals surface area (Å²) in [5, 5.41) is 0. The number of nitrogens with zero attached hydrogens (tertiary/aromatic N) is 2. The maximum Gasteiger partial charge on any atom is 0.0367 e. The van der Waals surface area contributed by atoms with Gasteiger partial charge in [0.1, 0.15) is 0 Å². The van der Waals surface area contributed by atoms with Gasteiger partial charge in [0.2, 0.25) is 0 Å². The summed E-state index contributed by atoms with van der Waals surface area (Å²) in [6.07, 6.45) is 10.0. The summed E-state index contributed by atoms with van der Waals surface area (Å²) < 4.78 is 0. The van der Waals surface area contributed by atoms with E-state index in [2.05, 4.69) is 65.4 Å². The Bertz CT molecular complexity index is 839. The van der Waals surface area contributed by atoms with Gasteiger partial charge in [0.15, 0.2) is 0 Å². The predicted molar refractivity (Wildman–Crippen MR) is 125 cm³/mol. The van der Waals surface area contributed by atoms with Gasteiger partial charge >= 0.3 is 0 Å². The lowest BCUT2D eigenvalue weighted by Crippen LogP contribution is -2.48. The van der Waals surface area contributed by atoms with Crippen LogP contribution in [0.2, 0.25) is 0 Å². The Kier molecular flexibility index (Phi) is 4.67. The molecule has 4 saturated carbocycles. The zero-order chi connectivity index (χ0) is 20.1. The van der Waals surface area contributed by atoms with E-state index in [4.69, 9.17) is 0 Å². The molecule has 1 saturated heterocycles. The summed E-state index contributed by atoms with van der Waals surface area (Å²) in [5.41, 5.74) is 6.43. The summed E-state index contributed by atoms with van der Waals surface area (Å²) in [5.74, 6) is 3.07. The Morgan fingerprint density at radius 3 is 1.73 bits per heavy atom. The van der Waals surface area contributed by atoms with Crippen molar-refractivity contribution in [3.05, 3.63) is 65.2 Å². The molecule has 5 fully saturated rings. The maximum atomic E-state index is 2.52. The van der Waals surface area contributed by atoms with Crippen molar-refractivity contribution in [3.63, 3.8) is 0 Å². The Labute approximate surface area is 182 Å². The van der Waals surface area contributed by atoms with E-state index in [1.54, 1.807) is 5.56 Å². The van der Waals surface area contributed by atoms with Crippen LogP contribution in [0.5, 0.6) is 0 Å². The molecule has 0 spiro atoms. The molecule has 0 radical (unpaired) electrons. The van der Waals surface area contributed by atoms with Gasteiger partial charge < -0.3 is 9.80 Å². The summed E-state index contributed by atoms with van der Waals surface area (Å²) >= 11 is 0. The molecule has 2 aromatic rings. The summed E-state index contributed by atoms with van der Waals surface area (Å²) in [7, 11) is 2.22. The number of likely N-dealkylation sites (N-methyl/N-ethyl adjacent to an activating group) is 1. The van der Waals surface area contributed by atoms with Crippen LogP contribution < -0.4 is 4.90 Å². The Hall–Kier alpha value is -1.80. The van der Waals surface area contributed by atoms with Gasteiger partial charge in [-0.1, -0.05) is 36.4 Å². The van der Waals surface area contributed by atoms with E-state index in [-0.39, 0.29) is 0 Å². The quantitative estimate of drug-likeness (QED) is 0.669. The summed E-state index contributed by atoms with van der Waals surface area (Å²) in [6, 6.07) is 19.1. The molecular formula is C28H36N2. The Morgan fingerprint density at radius 2 is 1.20 bits per heavy atom. The van der Waals surface area contributed by atoms with E-state index in [1.165, 1.54) is 55.3 Å². The third-order valence-electron chi connectivity index (χ3n) is 8.82. The summed E-state index contributed by atoms with van der Waals surface area (Å²) in [6.45, 7) is 4.61. The molecule has 0 aromatic heterocycles. The van der Waals surface area contributed by atoms with E-state index < -0.39 is 0 Å². The molecule has 5 aliphatic rings. The highest BCUT2D eigenvalue weighted by Gasteiger charge is 2.51. The zero-order valence-corrected chi connectivity index (χ0v) is 18.5. The van der Waals surface area contributed by atoms with Gasteiger partial charge in [0.05, 0.1) is 0 Å². The van der Waals surface area contributed by atoms with Gasteiger partial charge in [-0.2, -0.15) is 0 Å². The lowest BCUT2D eigenvalue weighted by molar-refractivity contribution is -0.00519. The van der Waals surface area contributed by atoms with Gasteiger partial charge in [0.25, 0.3) is 0 Å². The van der Waals surface area contributed by atoms with Crippen LogP contribution in [0.25, 0.3) is 0 Å². The number of hydrogen-bond acceptors (Lipinski definition) is 2. The molecule has 2 aromatic carbocycles. The lowest BCUT2D eigenvalue weighted by atomic mass is 9.48. The smallest absolute Gasteiger partial charge is 0.0367 e. The van der Waals surface area contributed by atoms with Gasteiger partial charge in [-0.25, -0.2) is 0 Å². The molecule has 1 heterocycles. The highest BCUT2D eigenvalue weighted by Crippen LogP contribution is 2.60. The fourth-order valence-corrected chi connectivity index (χ4v) is 7.57. The number of anilines is 1. The molecule has 30 heavy (non-hydrogen) atoms. The van der Waals surface area contributed by atoms with Crippen LogP contribution in [0, 0.1) is 17.8 Å². The first-order valence-electron chi connectivity index (χ1n) is 12.3. The van der Waals surface area contributed by atoms with Gasteiger partial charge in [-0.15, -0.1) is 0 Å². The number of piperazine rings is 1. The fourth-order valence-electron chi connectivity index (χ4n) is 7.57. The zero-order valence-electron chi connectivity index (χ0n) is 18.5. The van der Waals surface area contributed by atoms with Crippen LogP contribution in [0.3, 0.4) is 0 Å². The Morgan fingerprint density at radius 1 is 0.700 bits per heavy atom. The minimum Gasteiger partial charge on any atom is -0.369 e. The lowest BCUT2D eigenvalue weighted by Gasteiger charge is -2.57. The monoisotopic (exact) mass is 400 g/mol.